The summed E-state index contributed by atoms with van der Waals surface area (Å²) in [6, 6.07) is 14.6. The zero-order valence-electron chi connectivity index (χ0n) is 17.0. The third-order valence-electron chi connectivity index (χ3n) is 5.24. The first-order chi connectivity index (χ1) is 14.6. The van der Waals surface area contributed by atoms with E-state index in [4.69, 9.17) is 9.15 Å². The van der Waals surface area contributed by atoms with E-state index in [0.717, 1.165) is 16.8 Å². The van der Waals surface area contributed by atoms with Gasteiger partial charge in [-0.2, -0.15) is 0 Å². The van der Waals surface area contributed by atoms with Gasteiger partial charge in [0.15, 0.2) is 11.5 Å². The summed E-state index contributed by atoms with van der Waals surface area (Å²) in [5.74, 6) is 1.06. The van der Waals surface area contributed by atoms with Crippen molar-refractivity contribution in [2.24, 2.45) is 0 Å². The Hall–Kier alpha value is -3.35. The second-order valence-electron chi connectivity index (χ2n) is 7.39. The molecular formula is C23H25N3O4. The fourth-order valence-corrected chi connectivity index (χ4v) is 3.66. The number of carbonyl (C=O) groups is 2. The van der Waals surface area contributed by atoms with Crippen molar-refractivity contribution in [3.8, 4) is 5.75 Å². The molecular weight excluding hydrogens is 382 g/mol. The predicted octanol–water partition coefficient (Wildman–Crippen LogP) is 2.86. The van der Waals surface area contributed by atoms with E-state index < -0.39 is 6.04 Å². The Bertz CT molecular complexity index is 1010. The Labute approximate surface area is 175 Å². The quantitative estimate of drug-likeness (QED) is 0.609. The van der Waals surface area contributed by atoms with Gasteiger partial charge in [0.05, 0.1) is 13.0 Å². The van der Waals surface area contributed by atoms with E-state index in [1.54, 1.807) is 4.90 Å². The Morgan fingerprint density at radius 2 is 2.03 bits per heavy atom. The molecule has 0 bridgehead atoms. The van der Waals surface area contributed by atoms with Crippen LogP contribution in [0.1, 0.15) is 24.3 Å². The number of aryl methyl sites for hydroxylation is 1. The molecule has 2 amide bonds. The number of ether oxygens (including phenoxy) is 1. The minimum atomic E-state index is -0.614. The van der Waals surface area contributed by atoms with E-state index in [1.807, 2.05) is 55.5 Å². The van der Waals surface area contributed by atoms with Crippen molar-refractivity contribution in [2.75, 3.05) is 19.7 Å². The Balaban J connectivity index is 1.36. The molecule has 1 saturated heterocycles. The third-order valence-corrected chi connectivity index (χ3v) is 5.24. The average molecular weight is 407 g/mol. The maximum absolute atomic E-state index is 12.8. The lowest BCUT2D eigenvalue weighted by molar-refractivity contribution is -0.143. The molecule has 1 aliphatic rings. The summed E-state index contributed by atoms with van der Waals surface area (Å²) < 4.78 is 11.5. The van der Waals surface area contributed by atoms with Gasteiger partial charge in [0.2, 0.25) is 11.8 Å². The van der Waals surface area contributed by atoms with Gasteiger partial charge in [0.1, 0.15) is 17.3 Å². The maximum Gasteiger partial charge on any atom is 0.243 e. The van der Waals surface area contributed by atoms with Crippen LogP contribution in [0.5, 0.6) is 5.75 Å². The van der Waals surface area contributed by atoms with Gasteiger partial charge in [-0.25, -0.2) is 4.98 Å². The first-order valence-corrected chi connectivity index (χ1v) is 10.2. The van der Waals surface area contributed by atoms with Gasteiger partial charge < -0.3 is 19.4 Å². The lowest BCUT2D eigenvalue weighted by Gasteiger charge is -2.34. The van der Waals surface area contributed by atoms with Crippen LogP contribution in [0.4, 0.5) is 0 Å². The van der Waals surface area contributed by atoms with Gasteiger partial charge in [-0.1, -0.05) is 30.3 Å². The van der Waals surface area contributed by atoms with E-state index >= 15 is 0 Å². The highest BCUT2D eigenvalue weighted by Crippen LogP contribution is 2.20. The van der Waals surface area contributed by atoms with Gasteiger partial charge in [0, 0.05) is 19.5 Å². The number of nitrogens with zero attached hydrogens (tertiary/aromatic N) is 2. The van der Waals surface area contributed by atoms with Crippen molar-refractivity contribution in [1.29, 1.82) is 0 Å². The lowest BCUT2D eigenvalue weighted by atomic mass is 10.1. The number of benzene rings is 2. The summed E-state index contributed by atoms with van der Waals surface area (Å²) in [5.41, 5.74) is 2.49. The Morgan fingerprint density at radius 1 is 1.23 bits per heavy atom. The van der Waals surface area contributed by atoms with Crippen molar-refractivity contribution >= 4 is 22.9 Å². The summed E-state index contributed by atoms with van der Waals surface area (Å²) >= 11 is 0. The van der Waals surface area contributed by atoms with Crippen LogP contribution in [0.25, 0.3) is 11.1 Å². The average Bonchev–Trinajstić information content (AvgIpc) is 3.16. The molecule has 4 rings (SSSR count). The van der Waals surface area contributed by atoms with E-state index in [0.29, 0.717) is 44.0 Å². The van der Waals surface area contributed by atoms with Crippen LogP contribution in [-0.4, -0.2) is 47.4 Å². The highest BCUT2D eigenvalue weighted by Gasteiger charge is 2.34. The Kier molecular flexibility index (Phi) is 5.97. The highest BCUT2D eigenvalue weighted by atomic mass is 16.5. The fourth-order valence-electron chi connectivity index (χ4n) is 3.66. The number of fused-ring (bicyclic) bond motifs is 1. The predicted molar refractivity (Wildman–Crippen MR) is 112 cm³/mol. The number of hydrogen-bond acceptors (Lipinski definition) is 5. The molecule has 3 aromatic rings. The first-order valence-electron chi connectivity index (χ1n) is 10.2. The van der Waals surface area contributed by atoms with E-state index in [2.05, 4.69) is 10.3 Å². The molecule has 1 atom stereocenters. The number of oxazole rings is 1. The number of piperazine rings is 1. The zero-order chi connectivity index (χ0) is 20.9. The topological polar surface area (TPSA) is 84.7 Å². The summed E-state index contributed by atoms with van der Waals surface area (Å²) in [4.78, 5) is 31.4. The smallest absolute Gasteiger partial charge is 0.243 e. The second-order valence-corrected chi connectivity index (χ2v) is 7.39. The van der Waals surface area contributed by atoms with Crippen LogP contribution in [0.3, 0.4) is 0 Å². The standard InChI is InChI=1S/C23H25N3O4/c1-16-7-2-4-9-19(16)29-14-6-11-22(27)26-13-12-24-23(28)18(26)15-21-25-17-8-3-5-10-20(17)30-21/h2-5,7-10,18H,6,11-15H2,1H3,(H,24,28). The van der Waals surface area contributed by atoms with Crippen LogP contribution >= 0.6 is 0 Å². The molecule has 30 heavy (non-hydrogen) atoms. The summed E-state index contributed by atoms with van der Waals surface area (Å²) in [6.07, 6.45) is 1.16. The van der Waals surface area contributed by atoms with Gasteiger partial charge in [-0.05, 0) is 37.1 Å². The molecule has 0 spiro atoms. The number of amides is 2. The zero-order valence-corrected chi connectivity index (χ0v) is 17.0. The van der Waals surface area contributed by atoms with Gasteiger partial charge >= 0.3 is 0 Å². The minimum Gasteiger partial charge on any atom is -0.493 e. The van der Waals surface area contributed by atoms with E-state index in [9.17, 15) is 9.59 Å². The first kappa shape index (κ1) is 19.9. The van der Waals surface area contributed by atoms with E-state index in [1.165, 1.54) is 0 Å². The lowest BCUT2D eigenvalue weighted by Crippen LogP contribution is -2.58. The molecule has 1 fully saturated rings. The van der Waals surface area contributed by atoms with Crippen LogP contribution in [0, 0.1) is 6.92 Å². The molecule has 7 nitrogen and oxygen atoms in total. The molecule has 0 aliphatic carbocycles. The maximum atomic E-state index is 12.8. The van der Waals surface area contributed by atoms with Crippen molar-refractivity contribution in [1.82, 2.24) is 15.2 Å². The monoisotopic (exact) mass is 407 g/mol. The van der Waals surface area contributed by atoms with Gasteiger partial charge in [0.25, 0.3) is 0 Å². The third kappa shape index (κ3) is 4.45. The number of hydrogen-bond donors (Lipinski definition) is 1. The van der Waals surface area contributed by atoms with Gasteiger partial charge in [-0.15, -0.1) is 0 Å². The number of carbonyl (C=O) groups excluding carboxylic acids is 2. The number of para-hydroxylation sites is 3. The van der Waals surface area contributed by atoms with Crippen LogP contribution in [0.2, 0.25) is 0 Å². The van der Waals surface area contributed by atoms with Crippen molar-refractivity contribution in [2.45, 2.75) is 32.2 Å². The van der Waals surface area contributed by atoms with E-state index in [-0.39, 0.29) is 18.2 Å². The molecule has 0 saturated carbocycles. The molecule has 1 aromatic heterocycles. The summed E-state index contributed by atoms with van der Waals surface area (Å²) in [6.45, 7) is 3.37. The second kappa shape index (κ2) is 8.98. The number of nitrogens with one attached hydrogen (secondary N) is 1. The fraction of sp³-hybridized carbons (Fsp3) is 0.348. The van der Waals surface area contributed by atoms with Crippen molar-refractivity contribution < 1.29 is 18.7 Å². The van der Waals surface area contributed by atoms with Crippen molar-refractivity contribution in [3.63, 3.8) is 0 Å². The van der Waals surface area contributed by atoms with Crippen molar-refractivity contribution in [3.05, 3.63) is 60.0 Å². The van der Waals surface area contributed by atoms with Crippen LogP contribution in [0.15, 0.2) is 52.9 Å². The number of rotatable bonds is 7. The summed E-state index contributed by atoms with van der Waals surface area (Å²) in [5, 5.41) is 2.84. The van der Waals surface area contributed by atoms with Gasteiger partial charge in [-0.3, -0.25) is 9.59 Å². The SMILES string of the molecule is Cc1ccccc1OCCCC(=O)N1CCNC(=O)C1Cc1nc2ccccc2o1. The number of aromatic nitrogens is 1. The normalized spacial score (nSPS) is 16.5. The molecule has 2 heterocycles. The Morgan fingerprint density at radius 3 is 2.87 bits per heavy atom. The largest absolute Gasteiger partial charge is 0.493 e. The molecule has 2 aromatic carbocycles. The molecule has 1 unspecified atom stereocenters. The van der Waals surface area contributed by atoms with Crippen LogP contribution < -0.4 is 10.1 Å². The minimum absolute atomic E-state index is 0.0562. The summed E-state index contributed by atoms with van der Waals surface area (Å²) in [7, 11) is 0. The highest BCUT2D eigenvalue weighted by molar-refractivity contribution is 5.89. The molecule has 1 N–H and O–H groups in total. The molecule has 156 valence electrons. The molecule has 1 aliphatic heterocycles. The molecule has 0 radical (unpaired) electrons. The molecule has 7 heteroatoms. The van der Waals surface area contributed by atoms with Crippen LogP contribution in [-0.2, 0) is 16.0 Å².